The zero-order chi connectivity index (χ0) is 40.9. The summed E-state index contributed by atoms with van der Waals surface area (Å²) in [6.07, 6.45) is 24.0. The smallest absolute Gasteiger partial charge is 0.338 e. The highest BCUT2D eigenvalue weighted by Crippen LogP contribution is 2.80. The number of esters is 2. The first-order valence-corrected chi connectivity index (χ1v) is 22.7. The summed E-state index contributed by atoms with van der Waals surface area (Å²) >= 11 is 0. The van der Waals surface area contributed by atoms with E-state index in [4.69, 9.17) is 23.7 Å². The number of ether oxygens (including phenoxy) is 5. The third-order valence-corrected chi connectivity index (χ3v) is 15.6. The molecule has 13 atom stereocenters. The van der Waals surface area contributed by atoms with E-state index in [0.29, 0.717) is 12.2 Å². The number of hydrogen-bond donors (Lipinski definition) is 1. The van der Waals surface area contributed by atoms with Crippen molar-refractivity contribution >= 4 is 11.9 Å². The number of rotatable bonds is 21. The van der Waals surface area contributed by atoms with Crippen molar-refractivity contribution in [1.29, 1.82) is 0 Å². The minimum absolute atomic E-state index is 0.0268. The molecule has 1 heterocycles. The Morgan fingerprint density at radius 2 is 1.55 bits per heavy atom. The fraction of sp³-hybridized carbons (Fsp3) is 0.714. The molecule has 1 spiro atoms. The molecule has 9 heteroatoms. The van der Waals surface area contributed by atoms with Crippen LogP contribution >= 0.6 is 0 Å². The Kier molecular flexibility index (Phi) is 14.1. The Hall–Kier alpha value is -2.82. The molecular weight excluding hydrogens is 731 g/mol. The third kappa shape index (κ3) is 7.37. The summed E-state index contributed by atoms with van der Waals surface area (Å²) in [5, 5.41) is 12.9. The van der Waals surface area contributed by atoms with Gasteiger partial charge in [0, 0.05) is 69.4 Å². The van der Waals surface area contributed by atoms with Crippen LogP contribution in [-0.4, -0.2) is 99.0 Å². The number of benzene rings is 1. The van der Waals surface area contributed by atoms with E-state index in [0.717, 1.165) is 96.6 Å². The normalized spacial score (nSPS) is 38.6. The highest BCUT2D eigenvalue weighted by molar-refractivity contribution is 5.89. The lowest BCUT2D eigenvalue weighted by molar-refractivity contribution is -0.291. The van der Waals surface area contributed by atoms with Crippen molar-refractivity contribution < 1.29 is 38.4 Å². The molecule has 7 rings (SSSR count). The van der Waals surface area contributed by atoms with E-state index in [1.54, 1.807) is 26.4 Å². The lowest BCUT2D eigenvalue weighted by atomic mass is 9.44. The van der Waals surface area contributed by atoms with E-state index >= 15 is 0 Å². The first kappa shape index (κ1) is 43.3. The number of aliphatic hydroxyl groups excluding tert-OH is 1. The molecule has 1 aromatic carbocycles. The number of piperidine rings is 1. The summed E-state index contributed by atoms with van der Waals surface area (Å²) in [4.78, 5) is 31.0. The zero-order valence-corrected chi connectivity index (χ0v) is 35.9. The summed E-state index contributed by atoms with van der Waals surface area (Å²) in [6, 6.07) is 9.18. The number of likely N-dealkylation sites (tertiary alicyclic amines) is 1. The van der Waals surface area contributed by atoms with E-state index in [1.807, 2.05) is 25.3 Å². The standard InChI is InChI=1S/C49H71NO8/c1-6-8-9-10-11-12-13-14-15-16-17-18-19-20-24-28-37(51)58-49-38-36(31-35(41(55-4)45(49)52)40(38)57-46(53)34-26-22-21-23-27-34)48-30-25-29-47(33-54-3)32-50(7-2)44(48)39(49)42(56-5)43(47)48/h8-9,11-12,14-15,21-23,26-27,35-36,38-45,52H,6-7,10,13,16-20,24-25,28-33H2,1-5H3/b9-8-,12-11-,15-14-/t35?,36-,38-,39+,40+,41-,42+,43-,44?,45+,47+,48-,49-/m1/s1. The summed E-state index contributed by atoms with van der Waals surface area (Å²) in [5.41, 5.74) is -1.20. The molecule has 1 aromatic rings. The zero-order valence-electron chi connectivity index (χ0n) is 35.9. The van der Waals surface area contributed by atoms with Gasteiger partial charge in [-0.1, -0.05) is 94.2 Å². The molecule has 5 aliphatic carbocycles. The maximum atomic E-state index is 14.4. The maximum Gasteiger partial charge on any atom is 0.338 e. The average Bonchev–Trinajstić information content (AvgIpc) is 3.65. The van der Waals surface area contributed by atoms with Crippen molar-refractivity contribution in [3.63, 3.8) is 0 Å². The molecule has 6 aliphatic rings. The van der Waals surface area contributed by atoms with Crippen LogP contribution in [0, 0.1) is 40.4 Å². The lowest BCUT2D eigenvalue weighted by Crippen LogP contribution is -2.77. The number of allylic oxidation sites excluding steroid dienone is 6. The Balaban J connectivity index is 1.13. The fourth-order valence-electron chi connectivity index (χ4n) is 14.0. The SMILES string of the molecule is CC/C=C\C/C=C\C/C=C\CCCCCCCC(=O)O[C@@]12[C@@H]3[C@@H](CC([C@@H](OC)[C@@H]1O)[C@@H]3OC(=O)c1ccccc1)[C@@]13CCC[C@@]4(COC)CN(CC)C1[C@@H]2[C@H](OC)[C@H]43. The topological polar surface area (TPSA) is 104 Å². The van der Waals surface area contributed by atoms with Gasteiger partial charge in [0.15, 0.2) is 5.60 Å². The molecule has 0 radical (unpaired) electrons. The first-order chi connectivity index (χ1) is 28.3. The van der Waals surface area contributed by atoms with Gasteiger partial charge < -0.3 is 28.8 Å². The molecule has 1 aliphatic heterocycles. The van der Waals surface area contributed by atoms with Crippen LogP contribution in [0.4, 0.5) is 0 Å². The van der Waals surface area contributed by atoms with Crippen LogP contribution in [0.3, 0.4) is 0 Å². The van der Waals surface area contributed by atoms with Crippen molar-refractivity contribution in [3.05, 3.63) is 72.4 Å². The molecule has 0 aromatic heterocycles. The van der Waals surface area contributed by atoms with Gasteiger partial charge in [-0.05, 0) is 87.8 Å². The second-order valence-electron chi connectivity index (χ2n) is 18.3. The number of carbonyl (C=O) groups excluding carboxylic acids is 2. The van der Waals surface area contributed by atoms with Crippen LogP contribution in [-0.2, 0) is 28.5 Å². The molecule has 320 valence electrons. The molecule has 1 N–H and O–H groups in total. The van der Waals surface area contributed by atoms with Gasteiger partial charge >= 0.3 is 11.9 Å². The molecule has 2 unspecified atom stereocenters. The van der Waals surface area contributed by atoms with Crippen LogP contribution in [0.15, 0.2) is 66.8 Å². The number of fused-ring (bicyclic) bond motifs is 2. The van der Waals surface area contributed by atoms with Gasteiger partial charge in [0.1, 0.15) is 12.2 Å². The van der Waals surface area contributed by atoms with Crippen molar-refractivity contribution in [2.75, 3.05) is 41.0 Å². The largest absolute Gasteiger partial charge is 0.458 e. The minimum atomic E-state index is -1.37. The molecule has 6 fully saturated rings. The van der Waals surface area contributed by atoms with E-state index in [-0.39, 0.29) is 59.0 Å². The molecule has 58 heavy (non-hydrogen) atoms. The average molecular weight is 802 g/mol. The third-order valence-electron chi connectivity index (χ3n) is 15.6. The van der Waals surface area contributed by atoms with Crippen LogP contribution in [0.5, 0.6) is 0 Å². The van der Waals surface area contributed by atoms with Crippen LogP contribution in [0.2, 0.25) is 0 Å². The molecule has 0 amide bonds. The molecule has 5 saturated carbocycles. The van der Waals surface area contributed by atoms with Gasteiger partial charge in [0.25, 0.3) is 0 Å². The van der Waals surface area contributed by atoms with Gasteiger partial charge in [-0.15, -0.1) is 0 Å². The summed E-state index contributed by atoms with van der Waals surface area (Å²) in [5.74, 6) is -1.47. The first-order valence-electron chi connectivity index (χ1n) is 22.7. The molecule has 1 saturated heterocycles. The van der Waals surface area contributed by atoms with E-state index < -0.39 is 35.8 Å². The molecule has 9 nitrogen and oxygen atoms in total. The van der Waals surface area contributed by atoms with Gasteiger partial charge in [-0.2, -0.15) is 0 Å². The number of unbranched alkanes of at least 4 members (excludes halogenated alkanes) is 5. The second kappa shape index (κ2) is 18.8. The Morgan fingerprint density at radius 3 is 2.26 bits per heavy atom. The Bertz CT molecular complexity index is 1620. The van der Waals surface area contributed by atoms with Crippen molar-refractivity contribution in [2.45, 2.75) is 140 Å². The maximum absolute atomic E-state index is 14.4. The van der Waals surface area contributed by atoms with Gasteiger partial charge in [-0.25, -0.2) is 4.79 Å². The number of nitrogens with zero attached hydrogens (tertiary/aromatic N) is 1. The van der Waals surface area contributed by atoms with E-state index in [1.165, 1.54) is 0 Å². The summed E-state index contributed by atoms with van der Waals surface area (Å²) in [6.45, 7) is 6.73. The van der Waals surface area contributed by atoms with Crippen LogP contribution < -0.4 is 0 Å². The number of methoxy groups -OCH3 is 3. The second-order valence-corrected chi connectivity index (χ2v) is 18.3. The molecular formula is C49H71NO8. The predicted octanol–water partition coefficient (Wildman–Crippen LogP) is 8.51. The van der Waals surface area contributed by atoms with Crippen molar-refractivity contribution in [2.24, 2.45) is 40.4 Å². The highest BCUT2D eigenvalue weighted by Gasteiger charge is 2.88. The quantitative estimate of drug-likeness (QED) is 0.0745. The van der Waals surface area contributed by atoms with Crippen LogP contribution in [0.25, 0.3) is 0 Å². The van der Waals surface area contributed by atoms with Gasteiger partial charge in [0.2, 0.25) is 0 Å². The van der Waals surface area contributed by atoms with Crippen molar-refractivity contribution in [3.8, 4) is 0 Å². The number of hydrogen-bond acceptors (Lipinski definition) is 9. The van der Waals surface area contributed by atoms with Crippen molar-refractivity contribution in [1.82, 2.24) is 4.90 Å². The van der Waals surface area contributed by atoms with Crippen LogP contribution in [0.1, 0.15) is 114 Å². The number of carbonyl (C=O) groups is 2. The number of aliphatic hydroxyl groups is 1. The summed E-state index contributed by atoms with van der Waals surface area (Å²) in [7, 11) is 5.24. The Morgan fingerprint density at radius 1 is 0.845 bits per heavy atom. The van der Waals surface area contributed by atoms with E-state index in [9.17, 15) is 14.7 Å². The minimum Gasteiger partial charge on any atom is -0.458 e. The lowest BCUT2D eigenvalue weighted by Gasteiger charge is -2.68. The van der Waals surface area contributed by atoms with Gasteiger partial charge in [0.05, 0.1) is 24.4 Å². The fourth-order valence-corrected chi connectivity index (χ4v) is 14.0. The highest BCUT2D eigenvalue weighted by atomic mass is 16.6. The molecule has 7 bridgehead atoms. The van der Waals surface area contributed by atoms with Gasteiger partial charge in [-0.3, -0.25) is 9.69 Å². The monoisotopic (exact) mass is 802 g/mol. The Labute approximate surface area is 347 Å². The summed E-state index contributed by atoms with van der Waals surface area (Å²) < 4.78 is 32.7. The predicted molar refractivity (Wildman–Crippen MR) is 225 cm³/mol. The van der Waals surface area contributed by atoms with E-state index in [2.05, 4.69) is 55.2 Å².